The molecule has 242 valence electrons. The molecule has 0 aromatic carbocycles. The van der Waals surface area contributed by atoms with E-state index in [4.69, 9.17) is 18.0 Å². The summed E-state index contributed by atoms with van der Waals surface area (Å²) in [7, 11) is 0. The SMILES string of the molecule is C#C/C=C\C(F)=C(\F)Cc1nc2c(cc1Cl)c(N1C[C@@H](C)N(C(=O)C=C)C[C@@H]1C)nc(=O)n2-c1c(CCCO)ncnc1C(C)C. The first-order valence-corrected chi connectivity index (χ1v) is 15.2. The van der Waals surface area contributed by atoms with Crippen LogP contribution in [0.1, 0.15) is 57.1 Å². The molecule has 1 amide bonds. The van der Waals surface area contributed by atoms with Crippen LogP contribution in [0.5, 0.6) is 0 Å². The van der Waals surface area contributed by atoms with Crippen molar-refractivity contribution in [3.8, 4) is 18.0 Å². The minimum atomic E-state index is -1.18. The highest BCUT2D eigenvalue weighted by atomic mass is 35.5. The van der Waals surface area contributed by atoms with Crippen molar-refractivity contribution in [2.45, 2.75) is 65.0 Å². The first-order valence-electron chi connectivity index (χ1n) is 14.9. The molecule has 0 saturated carbocycles. The van der Waals surface area contributed by atoms with Gasteiger partial charge in [-0.1, -0.05) is 37.9 Å². The van der Waals surface area contributed by atoms with Gasteiger partial charge in [0.25, 0.3) is 0 Å². The number of pyridine rings is 1. The van der Waals surface area contributed by atoms with Crippen LogP contribution in [-0.4, -0.2) is 72.2 Å². The molecule has 3 aromatic rings. The fourth-order valence-corrected chi connectivity index (χ4v) is 5.72. The van der Waals surface area contributed by atoms with Gasteiger partial charge in [-0.15, -0.1) is 6.42 Å². The van der Waals surface area contributed by atoms with Crippen LogP contribution >= 0.6 is 11.6 Å². The van der Waals surface area contributed by atoms with E-state index in [-0.39, 0.29) is 52.7 Å². The van der Waals surface area contributed by atoms with E-state index in [1.54, 1.807) is 4.90 Å². The van der Waals surface area contributed by atoms with E-state index in [0.717, 1.165) is 12.2 Å². The summed E-state index contributed by atoms with van der Waals surface area (Å²) >= 11 is 6.66. The van der Waals surface area contributed by atoms with E-state index in [0.29, 0.717) is 48.4 Å². The number of nitrogens with zero attached hydrogens (tertiary/aromatic N) is 7. The molecule has 0 spiro atoms. The molecule has 3 aromatic heterocycles. The second-order valence-electron chi connectivity index (χ2n) is 11.4. The first-order chi connectivity index (χ1) is 21.9. The number of amides is 1. The molecule has 1 fully saturated rings. The second-order valence-corrected chi connectivity index (χ2v) is 11.8. The van der Waals surface area contributed by atoms with Gasteiger partial charge in [-0.3, -0.25) is 4.79 Å². The molecule has 10 nitrogen and oxygen atoms in total. The maximum Gasteiger partial charge on any atom is 0.355 e. The van der Waals surface area contributed by atoms with Gasteiger partial charge in [0.2, 0.25) is 5.91 Å². The quantitative estimate of drug-likeness (QED) is 0.189. The largest absolute Gasteiger partial charge is 0.396 e. The van der Waals surface area contributed by atoms with Crippen molar-refractivity contribution in [3.63, 3.8) is 0 Å². The number of halogens is 3. The van der Waals surface area contributed by atoms with Crippen molar-refractivity contribution in [1.82, 2.24) is 29.4 Å². The Bertz CT molecular complexity index is 1820. The molecule has 0 unspecified atom stereocenters. The summed E-state index contributed by atoms with van der Waals surface area (Å²) < 4.78 is 30.7. The summed E-state index contributed by atoms with van der Waals surface area (Å²) in [6, 6.07) is 1.01. The van der Waals surface area contributed by atoms with Gasteiger partial charge in [0.05, 0.1) is 33.2 Å². The number of aliphatic hydroxyl groups is 1. The third kappa shape index (κ3) is 7.00. The number of fused-ring (bicyclic) bond motifs is 1. The number of piperazine rings is 1. The molecule has 4 heterocycles. The van der Waals surface area contributed by atoms with Crippen LogP contribution in [-0.2, 0) is 17.6 Å². The summed E-state index contributed by atoms with van der Waals surface area (Å²) in [5.41, 5.74) is 0.738. The molecule has 1 saturated heterocycles. The molecule has 0 radical (unpaired) electrons. The Kier molecular flexibility index (Phi) is 11.0. The summed E-state index contributed by atoms with van der Waals surface area (Å²) in [5.74, 6) is -0.306. The van der Waals surface area contributed by atoms with Crippen LogP contribution in [0.25, 0.3) is 16.7 Å². The summed E-state index contributed by atoms with van der Waals surface area (Å²) in [4.78, 5) is 48.3. The summed E-state index contributed by atoms with van der Waals surface area (Å²) in [5, 5.41) is 9.97. The third-order valence-electron chi connectivity index (χ3n) is 7.77. The third-order valence-corrected chi connectivity index (χ3v) is 8.09. The van der Waals surface area contributed by atoms with Crippen LogP contribution in [0, 0.1) is 12.3 Å². The van der Waals surface area contributed by atoms with E-state index >= 15 is 0 Å². The van der Waals surface area contributed by atoms with E-state index in [2.05, 4.69) is 32.4 Å². The number of aliphatic hydroxyl groups excluding tert-OH is 1. The monoisotopic (exact) mass is 651 g/mol. The first kappa shape index (κ1) is 34.4. The van der Waals surface area contributed by atoms with E-state index in [1.165, 1.54) is 23.0 Å². The Labute approximate surface area is 271 Å². The summed E-state index contributed by atoms with van der Waals surface area (Å²) in [6.07, 6.45) is 9.72. The molecule has 1 aliphatic rings. The number of carbonyl (C=O) groups excluding carboxylic acids is 1. The van der Waals surface area contributed by atoms with E-state index in [1.807, 2.05) is 32.6 Å². The predicted octanol–water partition coefficient (Wildman–Crippen LogP) is 4.77. The van der Waals surface area contributed by atoms with Crippen molar-refractivity contribution in [2.75, 3.05) is 24.6 Å². The topological polar surface area (TPSA) is 117 Å². The van der Waals surface area contributed by atoms with Gasteiger partial charge in [0.1, 0.15) is 18.0 Å². The number of allylic oxidation sites excluding steroid dienone is 4. The van der Waals surface area contributed by atoms with Gasteiger partial charge in [-0.25, -0.2) is 33.1 Å². The Balaban J connectivity index is 2.04. The fraction of sp³-hybridized carbons (Fsp3) is 0.394. The van der Waals surface area contributed by atoms with Crippen LogP contribution in [0.4, 0.5) is 14.6 Å². The molecule has 1 aliphatic heterocycles. The molecule has 46 heavy (non-hydrogen) atoms. The predicted molar refractivity (Wildman–Crippen MR) is 174 cm³/mol. The number of anilines is 1. The lowest BCUT2D eigenvalue weighted by Gasteiger charge is -2.44. The Morgan fingerprint density at radius 2 is 1.96 bits per heavy atom. The molecule has 4 rings (SSSR count). The summed E-state index contributed by atoms with van der Waals surface area (Å²) in [6.45, 7) is 11.8. The number of terminal acetylenes is 1. The highest BCUT2D eigenvalue weighted by molar-refractivity contribution is 6.32. The molecular weight excluding hydrogens is 616 g/mol. The number of aryl methyl sites for hydroxylation is 1. The minimum Gasteiger partial charge on any atom is -0.396 e. The van der Waals surface area contributed by atoms with Gasteiger partial charge in [0, 0.05) is 38.2 Å². The maximum atomic E-state index is 15.0. The van der Waals surface area contributed by atoms with Crippen molar-refractivity contribution in [3.05, 3.63) is 81.4 Å². The van der Waals surface area contributed by atoms with E-state index in [9.17, 15) is 23.5 Å². The normalized spacial score (nSPS) is 17.5. The molecule has 0 bridgehead atoms. The number of hydrogen-bond donors (Lipinski definition) is 1. The Morgan fingerprint density at radius 1 is 1.22 bits per heavy atom. The highest BCUT2D eigenvalue weighted by Gasteiger charge is 2.34. The van der Waals surface area contributed by atoms with Gasteiger partial charge in [-0.2, -0.15) is 4.98 Å². The average molecular weight is 652 g/mol. The number of rotatable bonds is 10. The lowest BCUT2D eigenvalue weighted by atomic mass is 10.0. The lowest BCUT2D eigenvalue weighted by molar-refractivity contribution is -0.128. The second kappa shape index (κ2) is 14.7. The van der Waals surface area contributed by atoms with Crippen molar-refractivity contribution < 1.29 is 18.7 Å². The van der Waals surface area contributed by atoms with Crippen LogP contribution in [0.15, 0.2) is 53.6 Å². The zero-order valence-electron chi connectivity index (χ0n) is 26.2. The molecule has 0 aliphatic carbocycles. The van der Waals surface area contributed by atoms with E-state index < -0.39 is 23.8 Å². The lowest BCUT2D eigenvalue weighted by Crippen LogP contribution is -2.58. The molecule has 2 atom stereocenters. The minimum absolute atomic E-state index is 0.0242. The van der Waals surface area contributed by atoms with Crippen molar-refractivity contribution in [1.29, 1.82) is 0 Å². The van der Waals surface area contributed by atoms with Gasteiger partial charge >= 0.3 is 5.69 Å². The maximum absolute atomic E-state index is 15.0. The van der Waals surface area contributed by atoms with Gasteiger partial charge in [0.15, 0.2) is 11.5 Å². The molecular formula is C33H36ClF2N7O3. The number of hydrogen-bond acceptors (Lipinski definition) is 8. The van der Waals surface area contributed by atoms with Crippen LogP contribution < -0.4 is 10.6 Å². The average Bonchev–Trinajstić information content (AvgIpc) is 3.03. The van der Waals surface area contributed by atoms with Crippen molar-refractivity contribution >= 4 is 34.4 Å². The zero-order valence-corrected chi connectivity index (χ0v) is 26.9. The Morgan fingerprint density at radius 3 is 2.61 bits per heavy atom. The molecule has 1 N–H and O–H groups in total. The fourth-order valence-electron chi connectivity index (χ4n) is 5.50. The Hall–Kier alpha value is -4.47. The zero-order chi connectivity index (χ0) is 33.7. The molecule has 13 heteroatoms. The van der Waals surface area contributed by atoms with Crippen LogP contribution in [0.3, 0.4) is 0 Å². The number of aromatic nitrogens is 5. The smallest absolute Gasteiger partial charge is 0.355 e. The van der Waals surface area contributed by atoms with Crippen molar-refractivity contribution in [2.24, 2.45) is 0 Å². The highest BCUT2D eigenvalue weighted by Crippen LogP contribution is 2.34. The van der Waals surface area contributed by atoms with Gasteiger partial charge in [-0.05, 0) is 56.9 Å². The number of carbonyl (C=O) groups is 1. The van der Waals surface area contributed by atoms with Gasteiger partial charge < -0.3 is 14.9 Å². The van der Waals surface area contributed by atoms with Crippen LogP contribution in [0.2, 0.25) is 5.02 Å². The standard InChI is InChI=1S/C33H36ClF2N7O3/c1-7-9-11-24(35)25(36)15-27-23(34)14-22-31(42-17-20(5)41(16-21(42)6)28(45)8-2)40-33(46)43(32(22)39-27)30-26(12-10-13-44)37-18-38-29(30)19(3)4/h1,8-9,11,14,18-21,44H,2,10,12-13,15-17H2,3-6H3/b11-9-,25-24-/t20-,21+/m1/s1.